The van der Waals surface area contributed by atoms with Crippen molar-refractivity contribution in [3.05, 3.63) is 22.7 Å². The lowest BCUT2D eigenvalue weighted by molar-refractivity contribution is -0.155. The molecule has 0 aromatic carbocycles. The minimum absolute atomic E-state index is 0.0974. The number of unbranched alkanes of at least 4 members (excludes halogenated alkanes) is 5. The summed E-state index contributed by atoms with van der Waals surface area (Å²) in [4.78, 5) is 38.6. The van der Waals surface area contributed by atoms with Gasteiger partial charge in [-0.3, -0.25) is 14.4 Å². The van der Waals surface area contributed by atoms with E-state index in [4.69, 9.17) is 19.3 Å². The molecule has 0 amide bonds. The predicted molar refractivity (Wildman–Crippen MR) is 106 cm³/mol. The lowest BCUT2D eigenvalue weighted by Gasteiger charge is -2.27. The zero-order chi connectivity index (χ0) is 21.4. The van der Waals surface area contributed by atoms with E-state index >= 15 is 0 Å². The van der Waals surface area contributed by atoms with Crippen LogP contribution in [0.3, 0.4) is 0 Å². The summed E-state index contributed by atoms with van der Waals surface area (Å²) < 4.78 is 15.6. The van der Waals surface area contributed by atoms with Crippen molar-refractivity contribution >= 4 is 17.5 Å². The van der Waals surface area contributed by atoms with Crippen molar-refractivity contribution < 1.29 is 33.7 Å². The maximum Gasteiger partial charge on any atom is 0.312 e. The molecule has 0 spiro atoms. The normalized spacial score (nSPS) is 18.2. The van der Waals surface area contributed by atoms with Crippen molar-refractivity contribution in [2.45, 2.75) is 64.7 Å². The summed E-state index contributed by atoms with van der Waals surface area (Å²) >= 11 is 0. The van der Waals surface area contributed by atoms with Crippen molar-refractivity contribution in [2.24, 2.45) is 5.41 Å². The summed E-state index contributed by atoms with van der Waals surface area (Å²) in [6.07, 6.45) is 6.56. The Balaban J connectivity index is 2.13. The second-order valence-electron chi connectivity index (χ2n) is 7.63. The van der Waals surface area contributed by atoms with Gasteiger partial charge >= 0.3 is 5.97 Å². The number of allylic oxidation sites excluding steroid dienone is 2. The van der Waals surface area contributed by atoms with E-state index in [-0.39, 0.29) is 55.1 Å². The van der Waals surface area contributed by atoms with Crippen LogP contribution in [0.1, 0.15) is 64.7 Å². The maximum absolute atomic E-state index is 12.9. The van der Waals surface area contributed by atoms with Crippen molar-refractivity contribution in [1.29, 1.82) is 0 Å². The second kappa shape index (κ2) is 10.6. The molecule has 0 aliphatic heterocycles. The van der Waals surface area contributed by atoms with E-state index in [1.807, 2.05) is 0 Å². The van der Waals surface area contributed by atoms with Crippen LogP contribution >= 0.6 is 0 Å². The third kappa shape index (κ3) is 4.89. The fourth-order valence-electron chi connectivity index (χ4n) is 4.23. The van der Waals surface area contributed by atoms with Crippen molar-refractivity contribution in [3.63, 3.8) is 0 Å². The van der Waals surface area contributed by atoms with Gasteiger partial charge in [0.1, 0.15) is 0 Å². The number of esters is 1. The van der Waals surface area contributed by atoms with Gasteiger partial charge in [-0.25, -0.2) is 0 Å². The highest BCUT2D eigenvalue weighted by Gasteiger charge is 2.52. The molecule has 7 nitrogen and oxygen atoms in total. The summed E-state index contributed by atoms with van der Waals surface area (Å²) in [5.74, 6) is -1.31. The fraction of sp³-hybridized carbons (Fsp3) is 0.682. The van der Waals surface area contributed by atoms with Gasteiger partial charge in [0.2, 0.25) is 23.1 Å². The van der Waals surface area contributed by atoms with Gasteiger partial charge in [-0.2, -0.15) is 0 Å². The molecule has 0 saturated heterocycles. The largest absolute Gasteiger partial charge is 0.489 e. The summed E-state index contributed by atoms with van der Waals surface area (Å²) in [6.45, 7) is 2.21. The Kier molecular flexibility index (Phi) is 8.44. The molecule has 0 atom stereocenters. The summed E-state index contributed by atoms with van der Waals surface area (Å²) in [5, 5.41) is 8.84. The first-order valence-electron chi connectivity index (χ1n) is 10.4. The third-order valence-corrected chi connectivity index (χ3v) is 5.74. The summed E-state index contributed by atoms with van der Waals surface area (Å²) in [6, 6.07) is 0. The Labute approximate surface area is 172 Å². The molecule has 0 unspecified atom stereocenters. The van der Waals surface area contributed by atoms with Crippen LogP contribution in [-0.4, -0.2) is 50.1 Å². The standard InChI is InChI=1S/C22H32O7/c1-4-29-21(26)22(11-9-7-5-6-8-10-12-23)13-15-16(14-22)18(25)20(28-3)19(27-2)17(15)24/h23H,4-14H2,1-3H3. The first-order chi connectivity index (χ1) is 14.0. The average Bonchev–Trinajstić information content (AvgIpc) is 3.12. The average molecular weight is 408 g/mol. The Morgan fingerprint density at radius 3 is 1.83 bits per heavy atom. The number of carbonyl (C=O) groups excluding carboxylic acids is 3. The zero-order valence-electron chi connectivity index (χ0n) is 17.7. The van der Waals surface area contributed by atoms with Crippen LogP contribution in [-0.2, 0) is 28.6 Å². The molecular formula is C22H32O7. The van der Waals surface area contributed by atoms with Gasteiger partial charge in [0.25, 0.3) is 0 Å². The molecule has 29 heavy (non-hydrogen) atoms. The Hall–Kier alpha value is -2.15. The Morgan fingerprint density at radius 2 is 1.38 bits per heavy atom. The van der Waals surface area contributed by atoms with Gasteiger partial charge in [0.15, 0.2) is 0 Å². The topological polar surface area (TPSA) is 99.1 Å². The van der Waals surface area contributed by atoms with Gasteiger partial charge in [-0.15, -0.1) is 0 Å². The summed E-state index contributed by atoms with van der Waals surface area (Å²) in [5.41, 5.74) is -0.189. The molecule has 162 valence electrons. The number of carbonyl (C=O) groups is 3. The number of ether oxygens (including phenoxy) is 3. The quantitative estimate of drug-likeness (QED) is 0.301. The van der Waals surface area contributed by atoms with E-state index in [9.17, 15) is 14.4 Å². The van der Waals surface area contributed by atoms with Gasteiger partial charge in [-0.05, 0) is 32.6 Å². The zero-order valence-corrected chi connectivity index (χ0v) is 17.7. The smallest absolute Gasteiger partial charge is 0.312 e. The number of aliphatic hydroxyl groups is 1. The molecule has 2 aliphatic rings. The van der Waals surface area contributed by atoms with E-state index in [0.717, 1.165) is 38.5 Å². The monoisotopic (exact) mass is 408 g/mol. The number of Topliss-reactive ketones (excluding diaryl/α,β-unsaturated/α-hetero) is 2. The van der Waals surface area contributed by atoms with Crippen LogP contribution < -0.4 is 0 Å². The molecule has 0 fully saturated rings. The van der Waals surface area contributed by atoms with E-state index < -0.39 is 5.41 Å². The molecule has 7 heteroatoms. The van der Waals surface area contributed by atoms with Crippen LogP contribution in [0.2, 0.25) is 0 Å². The Bertz CT molecular complexity index is 664. The van der Waals surface area contributed by atoms with E-state index in [0.29, 0.717) is 17.6 Å². The highest BCUT2D eigenvalue weighted by Crippen LogP contribution is 2.50. The number of ketones is 2. The lowest BCUT2D eigenvalue weighted by Crippen LogP contribution is -2.31. The van der Waals surface area contributed by atoms with Gasteiger partial charge in [0.05, 0.1) is 26.2 Å². The van der Waals surface area contributed by atoms with E-state index in [1.165, 1.54) is 14.2 Å². The molecule has 0 radical (unpaired) electrons. The van der Waals surface area contributed by atoms with Gasteiger partial charge < -0.3 is 19.3 Å². The predicted octanol–water partition coefficient (Wildman–Crippen LogP) is 3.01. The molecule has 0 bridgehead atoms. The second-order valence-corrected chi connectivity index (χ2v) is 7.63. The highest BCUT2D eigenvalue weighted by molar-refractivity contribution is 6.24. The van der Waals surface area contributed by atoms with Crippen LogP contribution in [0.25, 0.3) is 0 Å². The summed E-state index contributed by atoms with van der Waals surface area (Å²) in [7, 11) is 2.66. The fourth-order valence-corrected chi connectivity index (χ4v) is 4.23. The molecule has 0 heterocycles. The molecule has 2 aliphatic carbocycles. The Morgan fingerprint density at radius 1 is 0.897 bits per heavy atom. The van der Waals surface area contributed by atoms with Crippen LogP contribution in [0.4, 0.5) is 0 Å². The molecule has 0 aromatic heterocycles. The number of aliphatic hydroxyl groups excluding tert-OH is 1. The molecule has 2 rings (SSSR count). The van der Waals surface area contributed by atoms with Crippen LogP contribution in [0.5, 0.6) is 0 Å². The number of hydrogen-bond donors (Lipinski definition) is 1. The number of methoxy groups -OCH3 is 2. The van der Waals surface area contributed by atoms with E-state index in [1.54, 1.807) is 6.92 Å². The minimum Gasteiger partial charge on any atom is -0.489 e. The third-order valence-electron chi connectivity index (χ3n) is 5.74. The molecular weight excluding hydrogens is 376 g/mol. The minimum atomic E-state index is -0.890. The lowest BCUT2D eigenvalue weighted by atomic mass is 9.78. The first kappa shape index (κ1) is 23.1. The number of rotatable bonds is 12. The van der Waals surface area contributed by atoms with Crippen LogP contribution in [0, 0.1) is 5.41 Å². The SMILES string of the molecule is CCOC(=O)C1(CCCCCCCCO)CC2=C(C1)C(=O)C(OC)=C(OC)C2=O. The highest BCUT2D eigenvalue weighted by atomic mass is 16.5. The van der Waals surface area contributed by atoms with Crippen molar-refractivity contribution in [1.82, 2.24) is 0 Å². The van der Waals surface area contributed by atoms with Crippen molar-refractivity contribution in [2.75, 3.05) is 27.4 Å². The first-order valence-corrected chi connectivity index (χ1v) is 10.4. The maximum atomic E-state index is 12.9. The molecule has 1 N–H and O–H groups in total. The number of hydrogen-bond acceptors (Lipinski definition) is 7. The van der Waals surface area contributed by atoms with Crippen molar-refractivity contribution in [3.8, 4) is 0 Å². The molecule has 0 saturated carbocycles. The van der Waals surface area contributed by atoms with Gasteiger partial charge in [0, 0.05) is 17.8 Å². The van der Waals surface area contributed by atoms with E-state index in [2.05, 4.69) is 0 Å². The van der Waals surface area contributed by atoms with Gasteiger partial charge in [-0.1, -0.05) is 32.1 Å². The van der Waals surface area contributed by atoms with Crippen LogP contribution in [0.15, 0.2) is 22.7 Å². The molecule has 0 aromatic rings.